The van der Waals surface area contributed by atoms with E-state index in [0.717, 1.165) is 18.1 Å². The molecule has 0 amide bonds. The highest BCUT2D eigenvalue weighted by atomic mass is 32.2. The Kier molecular flexibility index (Phi) is 6.43. The molecule has 1 saturated carbocycles. The summed E-state index contributed by atoms with van der Waals surface area (Å²) in [4.78, 5) is 0. The van der Waals surface area contributed by atoms with Gasteiger partial charge in [0.1, 0.15) is 0 Å². The molecule has 1 fully saturated rings. The predicted molar refractivity (Wildman–Crippen MR) is 92.2 cm³/mol. The van der Waals surface area contributed by atoms with Gasteiger partial charge in [-0.3, -0.25) is 4.21 Å². The van der Waals surface area contributed by atoms with E-state index in [1.165, 1.54) is 42.4 Å². The maximum atomic E-state index is 12.5. The minimum absolute atomic E-state index is 0.219. The van der Waals surface area contributed by atoms with Crippen molar-refractivity contribution in [2.45, 2.75) is 52.5 Å². The van der Waals surface area contributed by atoms with E-state index in [2.05, 4.69) is 44.3 Å². The molecule has 0 spiro atoms. The molecule has 1 N–H and O–H groups in total. The monoisotopic (exact) mass is 307 g/mol. The van der Waals surface area contributed by atoms with Crippen LogP contribution in [0.15, 0.2) is 18.2 Å². The van der Waals surface area contributed by atoms with Gasteiger partial charge < -0.3 is 5.32 Å². The third kappa shape index (κ3) is 4.93. The quantitative estimate of drug-likeness (QED) is 0.828. The fraction of sp³-hybridized carbons (Fsp3) is 0.667. The summed E-state index contributed by atoms with van der Waals surface area (Å²) in [6, 6.07) is 6.82. The summed E-state index contributed by atoms with van der Waals surface area (Å²) in [5.41, 5.74) is 3.91. The van der Waals surface area contributed by atoms with Crippen LogP contribution in [-0.2, 0) is 10.8 Å². The molecule has 0 bridgehead atoms. The number of rotatable bonds is 7. The molecule has 3 heteroatoms. The highest BCUT2D eigenvalue weighted by Gasteiger charge is 2.20. The summed E-state index contributed by atoms with van der Waals surface area (Å²) in [7, 11) is -0.716. The van der Waals surface area contributed by atoms with Gasteiger partial charge in [0.15, 0.2) is 0 Å². The summed E-state index contributed by atoms with van der Waals surface area (Å²) in [5, 5.41) is 3.51. The van der Waals surface area contributed by atoms with Crippen LogP contribution in [0, 0.1) is 19.8 Å². The van der Waals surface area contributed by atoms with E-state index in [1.54, 1.807) is 0 Å². The molecule has 1 aliphatic carbocycles. The number of aryl methyl sites for hydroxylation is 2. The fourth-order valence-electron chi connectivity index (χ4n) is 3.19. The molecule has 0 saturated heterocycles. The average molecular weight is 308 g/mol. The van der Waals surface area contributed by atoms with Crippen LogP contribution in [0.4, 0.5) is 0 Å². The smallest absolute Gasteiger partial charge is 0.0436 e. The largest absolute Gasteiger partial charge is 0.309 e. The Bertz CT molecular complexity index is 480. The second kappa shape index (κ2) is 8.09. The maximum Gasteiger partial charge on any atom is 0.0436 e. The van der Waals surface area contributed by atoms with E-state index in [0.29, 0.717) is 5.92 Å². The van der Waals surface area contributed by atoms with E-state index in [9.17, 15) is 4.21 Å². The van der Waals surface area contributed by atoms with Crippen molar-refractivity contribution in [3.8, 4) is 0 Å². The highest BCUT2D eigenvalue weighted by Crippen LogP contribution is 2.26. The molecule has 2 nitrogen and oxygen atoms in total. The van der Waals surface area contributed by atoms with Crippen LogP contribution < -0.4 is 5.32 Å². The van der Waals surface area contributed by atoms with Crippen molar-refractivity contribution in [3.63, 3.8) is 0 Å². The van der Waals surface area contributed by atoms with E-state index in [4.69, 9.17) is 0 Å². The zero-order valence-corrected chi connectivity index (χ0v) is 14.5. The van der Waals surface area contributed by atoms with Crippen molar-refractivity contribution in [3.05, 3.63) is 34.9 Å². The first kappa shape index (κ1) is 16.7. The summed E-state index contributed by atoms with van der Waals surface area (Å²) in [5.74, 6) is 2.34. The SMILES string of the molecule is CCNC(CS(=O)CC1CCCC1)c1ccc(C)c(C)c1. The number of benzene rings is 1. The van der Waals surface area contributed by atoms with Crippen LogP contribution in [0.3, 0.4) is 0 Å². The molecule has 0 aromatic heterocycles. The molecule has 118 valence electrons. The zero-order valence-electron chi connectivity index (χ0n) is 13.7. The Morgan fingerprint density at radius 1 is 1.24 bits per heavy atom. The second-order valence-electron chi connectivity index (χ2n) is 6.38. The van der Waals surface area contributed by atoms with Gasteiger partial charge in [-0.2, -0.15) is 0 Å². The van der Waals surface area contributed by atoms with Gasteiger partial charge in [-0.15, -0.1) is 0 Å². The summed E-state index contributed by atoms with van der Waals surface area (Å²) >= 11 is 0. The van der Waals surface area contributed by atoms with Crippen molar-refractivity contribution in [2.75, 3.05) is 18.1 Å². The van der Waals surface area contributed by atoms with Crippen LogP contribution in [-0.4, -0.2) is 22.3 Å². The molecular formula is C18H29NOS. The molecule has 1 aliphatic rings. The van der Waals surface area contributed by atoms with Gasteiger partial charge >= 0.3 is 0 Å². The molecule has 2 unspecified atom stereocenters. The lowest BCUT2D eigenvalue weighted by atomic mass is 10.0. The third-order valence-electron chi connectivity index (χ3n) is 4.63. The summed E-state index contributed by atoms with van der Waals surface area (Å²) < 4.78 is 12.5. The minimum Gasteiger partial charge on any atom is -0.309 e. The number of nitrogens with one attached hydrogen (secondary N) is 1. The first-order chi connectivity index (χ1) is 10.1. The highest BCUT2D eigenvalue weighted by molar-refractivity contribution is 7.85. The lowest BCUT2D eigenvalue weighted by Crippen LogP contribution is -2.27. The number of hydrogen-bond acceptors (Lipinski definition) is 2. The van der Waals surface area contributed by atoms with Gasteiger partial charge in [-0.1, -0.05) is 38.0 Å². The number of hydrogen-bond donors (Lipinski definition) is 1. The van der Waals surface area contributed by atoms with Gasteiger partial charge in [-0.25, -0.2) is 0 Å². The fourth-order valence-corrected chi connectivity index (χ4v) is 4.87. The van der Waals surface area contributed by atoms with Crippen LogP contribution >= 0.6 is 0 Å². The first-order valence-electron chi connectivity index (χ1n) is 8.25. The molecule has 1 aromatic rings. The molecule has 0 heterocycles. The van der Waals surface area contributed by atoms with Crippen molar-refractivity contribution >= 4 is 10.8 Å². The van der Waals surface area contributed by atoms with Crippen molar-refractivity contribution in [1.29, 1.82) is 0 Å². The second-order valence-corrected chi connectivity index (χ2v) is 7.92. The molecular weight excluding hydrogens is 278 g/mol. The minimum atomic E-state index is -0.716. The Labute approximate surface area is 132 Å². The van der Waals surface area contributed by atoms with Gasteiger partial charge in [0.2, 0.25) is 0 Å². The summed E-state index contributed by atoms with van der Waals surface area (Å²) in [6.45, 7) is 7.32. The first-order valence-corrected chi connectivity index (χ1v) is 9.74. The molecule has 0 radical (unpaired) electrons. The van der Waals surface area contributed by atoms with Crippen molar-refractivity contribution < 1.29 is 4.21 Å². The Morgan fingerprint density at radius 3 is 2.57 bits per heavy atom. The standard InChI is InChI=1S/C18H29NOS/c1-4-19-18(17-10-9-14(2)15(3)11-17)13-21(20)12-16-7-5-6-8-16/h9-11,16,18-19H,4-8,12-13H2,1-3H3. The lowest BCUT2D eigenvalue weighted by Gasteiger charge is -2.20. The van der Waals surface area contributed by atoms with E-state index in [-0.39, 0.29) is 6.04 Å². The van der Waals surface area contributed by atoms with Gasteiger partial charge in [0.25, 0.3) is 0 Å². The van der Waals surface area contributed by atoms with E-state index < -0.39 is 10.8 Å². The average Bonchev–Trinajstić information content (AvgIpc) is 2.94. The Morgan fingerprint density at radius 2 is 1.95 bits per heavy atom. The van der Waals surface area contributed by atoms with Crippen LogP contribution in [0.1, 0.15) is 55.3 Å². The van der Waals surface area contributed by atoms with E-state index >= 15 is 0 Å². The van der Waals surface area contributed by atoms with Gasteiger partial charge in [0, 0.05) is 28.3 Å². The van der Waals surface area contributed by atoms with Crippen molar-refractivity contribution in [2.24, 2.45) is 5.92 Å². The van der Waals surface area contributed by atoms with Crippen LogP contribution in [0.2, 0.25) is 0 Å². The van der Waals surface area contributed by atoms with Crippen LogP contribution in [0.25, 0.3) is 0 Å². The Hall–Kier alpha value is -0.670. The molecule has 2 atom stereocenters. The maximum absolute atomic E-state index is 12.5. The van der Waals surface area contributed by atoms with Gasteiger partial charge in [-0.05, 0) is 55.8 Å². The molecule has 21 heavy (non-hydrogen) atoms. The molecule has 0 aliphatic heterocycles. The zero-order chi connectivity index (χ0) is 15.2. The normalized spacial score (nSPS) is 18.8. The lowest BCUT2D eigenvalue weighted by molar-refractivity contribution is 0.578. The molecule has 2 rings (SSSR count). The van der Waals surface area contributed by atoms with Crippen LogP contribution in [0.5, 0.6) is 0 Å². The molecule has 1 aromatic carbocycles. The summed E-state index contributed by atoms with van der Waals surface area (Å²) in [6.07, 6.45) is 5.22. The third-order valence-corrected chi connectivity index (χ3v) is 6.18. The topological polar surface area (TPSA) is 29.1 Å². The van der Waals surface area contributed by atoms with Crippen molar-refractivity contribution in [1.82, 2.24) is 5.32 Å². The van der Waals surface area contributed by atoms with Gasteiger partial charge in [0.05, 0.1) is 0 Å². The Balaban J connectivity index is 2.00. The predicted octanol–water partition coefficient (Wildman–Crippen LogP) is 3.89. The van der Waals surface area contributed by atoms with E-state index in [1.807, 2.05) is 0 Å².